The summed E-state index contributed by atoms with van der Waals surface area (Å²) in [5, 5.41) is 3.21. The topological polar surface area (TPSA) is 60.2 Å². The van der Waals surface area contributed by atoms with Crippen LogP contribution in [0, 0.1) is 0 Å². The molecule has 0 aromatic carbocycles. The number of rotatable bonds is 5. The normalized spacial score (nSPS) is 10.3. The molecule has 96 valence electrons. The van der Waals surface area contributed by atoms with Gasteiger partial charge < -0.3 is 15.8 Å². The molecule has 0 amide bonds. The van der Waals surface area contributed by atoms with Crippen molar-refractivity contribution in [3.63, 3.8) is 0 Å². The first-order chi connectivity index (χ1) is 8.69. The van der Waals surface area contributed by atoms with Crippen LogP contribution in [-0.4, -0.2) is 11.6 Å². The zero-order valence-corrected chi connectivity index (χ0v) is 11.5. The molecule has 6 heteroatoms. The number of thiophene rings is 1. The first-order valence-corrected chi connectivity index (χ1v) is 6.76. The number of anilines is 2. The average Bonchev–Trinajstić information content (AvgIpc) is 2.76. The largest absolute Gasteiger partial charge is 0.476 e. The Labute approximate surface area is 115 Å². The summed E-state index contributed by atoms with van der Waals surface area (Å²) in [6.07, 6.45) is 0. The minimum Gasteiger partial charge on any atom is -0.476 e. The molecule has 0 saturated heterocycles. The van der Waals surface area contributed by atoms with E-state index in [1.807, 2.05) is 25.1 Å². The predicted molar refractivity (Wildman–Crippen MR) is 76.5 cm³/mol. The average molecular weight is 284 g/mol. The Kier molecular flexibility index (Phi) is 4.28. The summed E-state index contributed by atoms with van der Waals surface area (Å²) in [5.41, 5.74) is 6.30. The third kappa shape index (κ3) is 3.27. The maximum Gasteiger partial charge on any atom is 0.239 e. The van der Waals surface area contributed by atoms with E-state index < -0.39 is 0 Å². The monoisotopic (exact) mass is 283 g/mol. The van der Waals surface area contributed by atoms with Crippen LogP contribution in [0.3, 0.4) is 0 Å². The van der Waals surface area contributed by atoms with E-state index in [1.54, 1.807) is 17.4 Å². The minimum absolute atomic E-state index is 0.465. The summed E-state index contributed by atoms with van der Waals surface area (Å²) >= 11 is 7.41. The first kappa shape index (κ1) is 13.0. The third-order valence-corrected chi connectivity index (χ3v) is 3.47. The van der Waals surface area contributed by atoms with Gasteiger partial charge in [0.25, 0.3) is 0 Å². The van der Waals surface area contributed by atoms with E-state index in [0.29, 0.717) is 24.7 Å². The molecule has 4 nitrogen and oxygen atoms in total. The van der Waals surface area contributed by atoms with Crippen LogP contribution in [0.2, 0.25) is 4.34 Å². The van der Waals surface area contributed by atoms with Gasteiger partial charge in [-0.1, -0.05) is 11.6 Å². The van der Waals surface area contributed by atoms with Crippen LogP contribution in [0.15, 0.2) is 24.3 Å². The number of pyridine rings is 1. The molecule has 0 aliphatic rings. The predicted octanol–water partition coefficient (Wildman–Crippen LogP) is 3.39. The smallest absolute Gasteiger partial charge is 0.239 e. The first-order valence-electron chi connectivity index (χ1n) is 5.56. The van der Waals surface area contributed by atoms with Crippen LogP contribution in [0.5, 0.6) is 5.88 Å². The molecule has 0 aliphatic carbocycles. The van der Waals surface area contributed by atoms with E-state index in [0.717, 1.165) is 15.0 Å². The van der Waals surface area contributed by atoms with Gasteiger partial charge in [-0.3, -0.25) is 0 Å². The molecule has 0 unspecified atom stereocenters. The molecule has 2 rings (SSSR count). The maximum absolute atomic E-state index is 5.87. The van der Waals surface area contributed by atoms with Crippen molar-refractivity contribution >= 4 is 34.4 Å². The highest BCUT2D eigenvalue weighted by Crippen LogP contribution is 2.24. The fraction of sp³-hybridized carbons (Fsp3) is 0.250. The minimum atomic E-state index is 0.465. The van der Waals surface area contributed by atoms with Crippen molar-refractivity contribution < 1.29 is 4.74 Å². The van der Waals surface area contributed by atoms with Crippen LogP contribution in [0.25, 0.3) is 0 Å². The SMILES string of the molecule is CCOc1nc(NCc2ccc(Cl)s2)ccc1N. The molecule has 0 bridgehead atoms. The molecule has 3 N–H and O–H groups in total. The summed E-state index contributed by atoms with van der Waals surface area (Å²) in [6.45, 7) is 3.12. The quantitative estimate of drug-likeness (QED) is 0.883. The zero-order chi connectivity index (χ0) is 13.0. The van der Waals surface area contributed by atoms with E-state index in [1.165, 1.54) is 0 Å². The van der Waals surface area contributed by atoms with Gasteiger partial charge in [0.2, 0.25) is 5.88 Å². The standard InChI is InChI=1S/C12H14ClN3OS/c1-2-17-12-9(14)4-6-11(16-12)15-7-8-3-5-10(13)18-8/h3-6H,2,7,14H2,1H3,(H,15,16). The summed E-state index contributed by atoms with van der Waals surface area (Å²) in [6, 6.07) is 7.47. The fourth-order valence-corrected chi connectivity index (χ4v) is 2.45. The summed E-state index contributed by atoms with van der Waals surface area (Å²) in [5.74, 6) is 1.20. The number of hydrogen-bond donors (Lipinski definition) is 2. The van der Waals surface area contributed by atoms with Crippen molar-refractivity contribution in [3.8, 4) is 5.88 Å². The van der Waals surface area contributed by atoms with Crippen LogP contribution in [-0.2, 0) is 6.54 Å². The lowest BCUT2D eigenvalue weighted by atomic mass is 10.4. The van der Waals surface area contributed by atoms with Crippen molar-refractivity contribution in [2.24, 2.45) is 0 Å². The van der Waals surface area contributed by atoms with Crippen molar-refractivity contribution in [2.75, 3.05) is 17.7 Å². The highest BCUT2D eigenvalue weighted by atomic mass is 35.5. The number of nitrogens with zero attached hydrogens (tertiary/aromatic N) is 1. The number of ether oxygens (including phenoxy) is 1. The summed E-state index contributed by atoms with van der Waals surface area (Å²) in [4.78, 5) is 5.45. The highest BCUT2D eigenvalue weighted by Gasteiger charge is 2.04. The van der Waals surface area contributed by atoms with Crippen LogP contribution >= 0.6 is 22.9 Å². The van der Waals surface area contributed by atoms with E-state index in [-0.39, 0.29) is 0 Å². The maximum atomic E-state index is 5.87. The van der Waals surface area contributed by atoms with E-state index in [9.17, 15) is 0 Å². The molecular weight excluding hydrogens is 270 g/mol. The van der Waals surface area contributed by atoms with Crippen LogP contribution in [0.1, 0.15) is 11.8 Å². The molecule has 0 spiro atoms. The number of nitrogen functional groups attached to an aromatic ring is 1. The Bertz CT molecular complexity index is 530. The molecule has 0 atom stereocenters. The Morgan fingerprint density at radius 3 is 2.89 bits per heavy atom. The van der Waals surface area contributed by atoms with Gasteiger partial charge in [0.1, 0.15) is 5.82 Å². The van der Waals surface area contributed by atoms with Crippen molar-refractivity contribution in [2.45, 2.75) is 13.5 Å². The molecule has 0 fully saturated rings. The number of hydrogen-bond acceptors (Lipinski definition) is 5. The fourth-order valence-electron chi connectivity index (χ4n) is 1.43. The molecule has 2 aromatic heterocycles. The van der Waals surface area contributed by atoms with Gasteiger partial charge in [-0.05, 0) is 31.2 Å². The number of halogens is 1. The molecule has 0 radical (unpaired) electrons. The second-order valence-corrected chi connectivity index (χ2v) is 5.38. The molecular formula is C12H14ClN3OS. The van der Waals surface area contributed by atoms with Gasteiger partial charge in [-0.2, -0.15) is 4.98 Å². The Morgan fingerprint density at radius 2 is 2.22 bits per heavy atom. The summed E-state index contributed by atoms with van der Waals surface area (Å²) in [7, 11) is 0. The van der Waals surface area contributed by atoms with E-state index >= 15 is 0 Å². The second kappa shape index (κ2) is 5.93. The molecule has 0 saturated carbocycles. The van der Waals surface area contributed by atoms with Crippen molar-refractivity contribution in [3.05, 3.63) is 33.5 Å². The molecule has 2 heterocycles. The van der Waals surface area contributed by atoms with Gasteiger partial charge in [0, 0.05) is 4.88 Å². The Hall–Kier alpha value is -1.46. The lowest BCUT2D eigenvalue weighted by Crippen LogP contribution is -2.04. The van der Waals surface area contributed by atoms with Gasteiger partial charge in [0.05, 0.1) is 23.2 Å². The van der Waals surface area contributed by atoms with Crippen LogP contribution < -0.4 is 15.8 Å². The third-order valence-electron chi connectivity index (χ3n) is 2.24. The number of aromatic nitrogens is 1. The lowest BCUT2D eigenvalue weighted by molar-refractivity contribution is 0.329. The van der Waals surface area contributed by atoms with Crippen molar-refractivity contribution in [1.82, 2.24) is 4.98 Å². The highest BCUT2D eigenvalue weighted by molar-refractivity contribution is 7.16. The van der Waals surface area contributed by atoms with Gasteiger partial charge in [-0.25, -0.2) is 0 Å². The molecule has 18 heavy (non-hydrogen) atoms. The lowest BCUT2D eigenvalue weighted by Gasteiger charge is -2.09. The number of nitrogens with one attached hydrogen (secondary N) is 1. The van der Waals surface area contributed by atoms with Gasteiger partial charge in [0.15, 0.2) is 0 Å². The van der Waals surface area contributed by atoms with Gasteiger partial charge >= 0.3 is 0 Å². The van der Waals surface area contributed by atoms with Crippen molar-refractivity contribution in [1.29, 1.82) is 0 Å². The molecule has 0 aliphatic heterocycles. The van der Waals surface area contributed by atoms with Gasteiger partial charge in [-0.15, -0.1) is 11.3 Å². The Balaban J connectivity index is 2.03. The van der Waals surface area contributed by atoms with Crippen LogP contribution in [0.4, 0.5) is 11.5 Å². The zero-order valence-electron chi connectivity index (χ0n) is 9.94. The van der Waals surface area contributed by atoms with E-state index in [2.05, 4.69) is 10.3 Å². The number of nitrogens with two attached hydrogens (primary N) is 1. The summed E-state index contributed by atoms with van der Waals surface area (Å²) < 4.78 is 6.12. The van der Waals surface area contributed by atoms with E-state index in [4.69, 9.17) is 22.1 Å². The second-order valence-electron chi connectivity index (χ2n) is 3.58. The molecule has 2 aromatic rings. The Morgan fingerprint density at radius 1 is 1.39 bits per heavy atom.